The van der Waals surface area contributed by atoms with Crippen molar-refractivity contribution in [3.8, 4) is 11.5 Å². The third-order valence-electron chi connectivity index (χ3n) is 4.72. The minimum Gasteiger partial charge on any atom is -0.508 e. The van der Waals surface area contributed by atoms with E-state index in [1.807, 2.05) is 12.1 Å². The summed E-state index contributed by atoms with van der Waals surface area (Å²) in [5.41, 5.74) is 5.74. The molecule has 3 N–H and O–H groups in total. The molecule has 0 saturated heterocycles. The van der Waals surface area contributed by atoms with Crippen LogP contribution >= 0.6 is 0 Å². The van der Waals surface area contributed by atoms with Gasteiger partial charge in [0.1, 0.15) is 11.5 Å². The van der Waals surface area contributed by atoms with E-state index in [0.717, 1.165) is 22.3 Å². The second-order valence-electron chi connectivity index (χ2n) is 9.42. The Kier molecular flexibility index (Phi) is 6.73. The van der Waals surface area contributed by atoms with Gasteiger partial charge < -0.3 is 10.2 Å². The highest BCUT2D eigenvalue weighted by Crippen LogP contribution is 2.39. The molecule has 0 heterocycles. The number of phenolic OH excluding ortho intramolecular Hbond substituents is 2. The Bertz CT molecular complexity index is 851. The molecule has 2 rings (SSSR count). The van der Waals surface area contributed by atoms with Crippen molar-refractivity contribution in [2.24, 2.45) is 5.10 Å². The van der Waals surface area contributed by atoms with Gasteiger partial charge in [-0.2, -0.15) is 5.10 Å². The van der Waals surface area contributed by atoms with Gasteiger partial charge in [-0.1, -0.05) is 53.7 Å². The Morgan fingerprint density at radius 2 is 1.48 bits per heavy atom. The maximum atomic E-state index is 12.2. The lowest BCUT2D eigenvalue weighted by molar-refractivity contribution is -0.121. The van der Waals surface area contributed by atoms with Crippen LogP contribution in [-0.4, -0.2) is 22.3 Å². The highest BCUT2D eigenvalue weighted by Gasteiger charge is 2.26. The number of rotatable bonds is 5. The van der Waals surface area contributed by atoms with Crippen molar-refractivity contribution in [1.82, 2.24) is 5.43 Å². The summed E-state index contributed by atoms with van der Waals surface area (Å²) >= 11 is 0. The first kappa shape index (κ1) is 22.5. The molecular formula is C24H32N2O3. The number of nitrogens with one attached hydrogen (secondary N) is 1. The number of hydrogen-bond donors (Lipinski definition) is 3. The predicted octanol–water partition coefficient (Wildman–Crippen LogP) is 4.78. The minimum atomic E-state index is -0.198. The smallest absolute Gasteiger partial charge is 0.240 e. The Morgan fingerprint density at radius 1 is 0.966 bits per heavy atom. The van der Waals surface area contributed by atoms with Gasteiger partial charge in [0.15, 0.2) is 0 Å². The second-order valence-corrected chi connectivity index (χ2v) is 9.42. The molecule has 0 atom stereocenters. The lowest BCUT2D eigenvalue weighted by atomic mass is 9.78. The molecule has 0 unspecified atom stereocenters. The fourth-order valence-electron chi connectivity index (χ4n) is 3.03. The van der Waals surface area contributed by atoms with Crippen molar-refractivity contribution >= 4 is 12.1 Å². The Hall–Kier alpha value is -2.82. The van der Waals surface area contributed by atoms with Gasteiger partial charge in [0, 0.05) is 6.42 Å². The largest absolute Gasteiger partial charge is 0.508 e. The van der Waals surface area contributed by atoms with E-state index < -0.39 is 0 Å². The summed E-state index contributed by atoms with van der Waals surface area (Å²) < 4.78 is 0. The van der Waals surface area contributed by atoms with E-state index >= 15 is 0 Å². The molecule has 0 saturated carbocycles. The zero-order chi connectivity index (χ0) is 21.8. The van der Waals surface area contributed by atoms with Gasteiger partial charge >= 0.3 is 0 Å². The normalized spacial score (nSPS) is 12.3. The Balaban J connectivity index is 2.09. The molecule has 0 aromatic heterocycles. The molecule has 5 nitrogen and oxygen atoms in total. The monoisotopic (exact) mass is 396 g/mol. The van der Waals surface area contributed by atoms with Crippen molar-refractivity contribution in [2.75, 3.05) is 0 Å². The molecule has 0 spiro atoms. The predicted molar refractivity (Wildman–Crippen MR) is 118 cm³/mol. The molecule has 29 heavy (non-hydrogen) atoms. The zero-order valence-electron chi connectivity index (χ0n) is 18.2. The molecule has 2 aromatic carbocycles. The van der Waals surface area contributed by atoms with E-state index in [2.05, 4.69) is 52.1 Å². The molecule has 1 amide bonds. The van der Waals surface area contributed by atoms with Crippen LogP contribution in [0, 0.1) is 0 Å². The quantitative estimate of drug-likeness (QED) is 0.503. The summed E-state index contributed by atoms with van der Waals surface area (Å²) in [7, 11) is 0. The van der Waals surface area contributed by atoms with Crippen LogP contribution in [0.1, 0.15) is 70.2 Å². The number of phenols is 2. The van der Waals surface area contributed by atoms with Crippen molar-refractivity contribution in [3.05, 3.63) is 58.7 Å². The molecule has 0 bridgehead atoms. The van der Waals surface area contributed by atoms with Crippen LogP contribution in [0.15, 0.2) is 41.5 Å². The topological polar surface area (TPSA) is 81.9 Å². The second kappa shape index (κ2) is 8.68. The van der Waals surface area contributed by atoms with E-state index in [9.17, 15) is 15.0 Å². The summed E-state index contributed by atoms with van der Waals surface area (Å²) in [6.07, 6.45) is 2.39. The zero-order valence-corrected chi connectivity index (χ0v) is 18.2. The van der Waals surface area contributed by atoms with Crippen LogP contribution in [-0.2, 0) is 22.0 Å². The highest BCUT2D eigenvalue weighted by atomic mass is 16.3. The molecule has 0 fully saturated rings. The van der Waals surface area contributed by atoms with E-state index in [-0.39, 0.29) is 22.5 Å². The van der Waals surface area contributed by atoms with Gasteiger partial charge in [-0.3, -0.25) is 4.79 Å². The van der Waals surface area contributed by atoms with Crippen molar-refractivity contribution in [3.63, 3.8) is 0 Å². The van der Waals surface area contributed by atoms with Crippen LogP contribution in [0.5, 0.6) is 11.5 Å². The number of benzene rings is 2. The molecule has 5 heteroatoms. The number of aryl methyl sites for hydroxylation is 1. The van der Waals surface area contributed by atoms with Gasteiger partial charge in [-0.05, 0) is 63.8 Å². The maximum Gasteiger partial charge on any atom is 0.240 e. The first-order chi connectivity index (χ1) is 13.4. The van der Waals surface area contributed by atoms with Crippen molar-refractivity contribution < 1.29 is 15.0 Å². The Morgan fingerprint density at radius 3 is 1.97 bits per heavy atom. The number of nitrogens with zero attached hydrogens (tertiary/aromatic N) is 1. The third-order valence-corrected chi connectivity index (χ3v) is 4.72. The molecule has 0 aliphatic rings. The van der Waals surface area contributed by atoms with Crippen LogP contribution in [0.2, 0.25) is 0 Å². The lowest BCUT2D eigenvalue weighted by Crippen LogP contribution is -2.20. The minimum absolute atomic E-state index is 0.178. The van der Waals surface area contributed by atoms with E-state index in [4.69, 9.17) is 0 Å². The number of carbonyl (C=O) groups excluding carboxylic acids is 1. The number of carbonyl (C=O) groups is 1. The summed E-state index contributed by atoms with van der Waals surface area (Å²) in [5.74, 6) is 0.351. The van der Waals surface area contributed by atoms with Crippen LogP contribution in [0.3, 0.4) is 0 Å². The summed E-state index contributed by atoms with van der Waals surface area (Å²) in [4.78, 5) is 12.2. The van der Waals surface area contributed by atoms with Crippen LogP contribution in [0.4, 0.5) is 0 Å². The molecule has 0 aliphatic heterocycles. The number of hydrogen-bond acceptors (Lipinski definition) is 4. The number of hydrazone groups is 1. The average Bonchev–Trinajstić information content (AvgIpc) is 2.60. The van der Waals surface area contributed by atoms with Crippen LogP contribution in [0.25, 0.3) is 0 Å². The first-order valence-corrected chi connectivity index (χ1v) is 9.85. The fourth-order valence-corrected chi connectivity index (χ4v) is 3.03. The van der Waals surface area contributed by atoms with E-state index in [0.29, 0.717) is 18.6 Å². The van der Waals surface area contributed by atoms with Crippen LogP contribution < -0.4 is 5.43 Å². The van der Waals surface area contributed by atoms with Gasteiger partial charge in [0.2, 0.25) is 5.91 Å². The summed E-state index contributed by atoms with van der Waals surface area (Å²) in [6.45, 7) is 12.4. The molecular weight excluding hydrogens is 364 g/mol. The molecule has 2 aromatic rings. The number of aromatic hydroxyl groups is 2. The SMILES string of the molecule is CC(C)(C)c1cc(CCC(=O)N/N=C\c2ccc(O)cc2)cc(C(C)(C)C)c1O. The van der Waals surface area contributed by atoms with E-state index in [1.54, 1.807) is 24.3 Å². The number of amides is 1. The highest BCUT2D eigenvalue weighted by molar-refractivity contribution is 5.82. The third kappa shape index (κ3) is 6.34. The Labute approximate surface area is 173 Å². The van der Waals surface area contributed by atoms with Gasteiger partial charge in [0.25, 0.3) is 0 Å². The molecule has 156 valence electrons. The standard InChI is InChI=1S/C24H32N2O3/c1-23(2,3)19-13-17(14-20(22(19)29)24(4,5)6)9-12-21(28)26-25-15-16-7-10-18(27)11-8-16/h7-8,10-11,13-15,27,29H,9,12H2,1-6H3,(H,26,28)/b25-15-. The van der Waals surface area contributed by atoms with E-state index in [1.165, 1.54) is 6.21 Å². The van der Waals surface area contributed by atoms with Gasteiger partial charge in [0.05, 0.1) is 6.21 Å². The first-order valence-electron chi connectivity index (χ1n) is 9.85. The van der Waals surface area contributed by atoms with Gasteiger partial charge in [-0.15, -0.1) is 0 Å². The maximum absolute atomic E-state index is 12.2. The summed E-state index contributed by atoms with van der Waals surface area (Å²) in [5, 5.41) is 24.0. The van der Waals surface area contributed by atoms with Gasteiger partial charge in [-0.25, -0.2) is 5.43 Å². The fraction of sp³-hybridized carbons (Fsp3) is 0.417. The summed E-state index contributed by atoms with van der Waals surface area (Å²) in [6, 6.07) is 10.5. The van der Waals surface area contributed by atoms with Crippen molar-refractivity contribution in [1.29, 1.82) is 0 Å². The average molecular weight is 397 g/mol. The van der Waals surface area contributed by atoms with Crippen molar-refractivity contribution in [2.45, 2.75) is 65.2 Å². The molecule has 0 aliphatic carbocycles. The lowest BCUT2D eigenvalue weighted by Gasteiger charge is -2.28. The molecule has 0 radical (unpaired) electrons.